The topological polar surface area (TPSA) is 88.6 Å². The maximum absolute atomic E-state index is 12.6. The Labute approximate surface area is 193 Å². The Hall–Kier alpha value is -2.75. The van der Waals surface area contributed by atoms with Gasteiger partial charge in [0.15, 0.2) is 5.13 Å². The van der Waals surface area contributed by atoms with E-state index in [1.54, 1.807) is 13.8 Å². The maximum atomic E-state index is 12.6. The molecule has 0 fully saturated rings. The lowest BCUT2D eigenvalue weighted by molar-refractivity contribution is 0.102. The fourth-order valence-corrected chi connectivity index (χ4v) is 4.88. The monoisotopic (exact) mass is 473 g/mol. The van der Waals surface area contributed by atoms with Crippen molar-refractivity contribution in [3.8, 4) is 17.0 Å². The third-order valence-corrected chi connectivity index (χ3v) is 7.67. The minimum atomic E-state index is -3.59. The average Bonchev–Trinajstić information content (AvgIpc) is 3.25. The van der Waals surface area contributed by atoms with Crippen molar-refractivity contribution in [3.63, 3.8) is 0 Å². The summed E-state index contributed by atoms with van der Waals surface area (Å²) >= 11 is 1.32. The molecule has 0 spiro atoms. The van der Waals surface area contributed by atoms with E-state index in [9.17, 15) is 13.2 Å². The highest BCUT2D eigenvalue weighted by atomic mass is 32.2. The number of ether oxygens (including phenoxy) is 1. The van der Waals surface area contributed by atoms with Crippen molar-refractivity contribution in [3.05, 3.63) is 59.5 Å². The van der Waals surface area contributed by atoms with Crippen molar-refractivity contribution < 1.29 is 17.9 Å². The number of nitrogens with one attached hydrogen (secondary N) is 1. The van der Waals surface area contributed by atoms with Gasteiger partial charge in [-0.05, 0) is 68.8 Å². The van der Waals surface area contributed by atoms with Crippen molar-refractivity contribution in [2.45, 2.75) is 38.1 Å². The number of amides is 1. The summed E-state index contributed by atoms with van der Waals surface area (Å²) in [6.45, 7) is 6.33. The van der Waals surface area contributed by atoms with E-state index in [0.29, 0.717) is 17.3 Å². The third-order valence-electron chi connectivity index (χ3n) is 4.87. The molecule has 0 saturated heterocycles. The van der Waals surface area contributed by atoms with Crippen LogP contribution in [0.5, 0.6) is 5.75 Å². The average molecular weight is 474 g/mol. The van der Waals surface area contributed by atoms with Gasteiger partial charge in [0.25, 0.3) is 5.91 Å². The fourth-order valence-electron chi connectivity index (χ4n) is 2.80. The van der Waals surface area contributed by atoms with Gasteiger partial charge >= 0.3 is 0 Å². The van der Waals surface area contributed by atoms with Crippen molar-refractivity contribution in [1.29, 1.82) is 0 Å². The van der Waals surface area contributed by atoms with Gasteiger partial charge in [0, 0.05) is 29.6 Å². The zero-order valence-electron chi connectivity index (χ0n) is 18.5. The smallest absolute Gasteiger partial charge is 0.257 e. The standard InChI is InChI=1S/C23H27N3O4S2/c1-5-14-30-19-10-6-17(7-11-19)21-15-31-23(24-21)25-22(27)18-8-12-20(13-9-18)32(28,29)26(4)16(2)3/h6-13,15-16H,5,14H2,1-4H3,(H,24,25,27). The first-order chi connectivity index (χ1) is 15.2. The Morgan fingerprint density at radius 1 is 1.12 bits per heavy atom. The lowest BCUT2D eigenvalue weighted by atomic mass is 10.2. The Bertz CT molecular complexity index is 1150. The SMILES string of the molecule is CCCOc1ccc(-c2csc(NC(=O)c3ccc(S(=O)(=O)N(C)C(C)C)cc3)n2)cc1. The molecule has 1 amide bonds. The number of sulfonamides is 1. The van der Waals surface area contributed by atoms with Crippen LogP contribution in [0, 0.1) is 0 Å². The molecule has 1 N–H and O–H groups in total. The van der Waals surface area contributed by atoms with Gasteiger partial charge in [-0.2, -0.15) is 4.31 Å². The molecule has 1 aromatic heterocycles. The molecule has 0 aliphatic carbocycles. The molecule has 170 valence electrons. The molecule has 3 rings (SSSR count). The minimum Gasteiger partial charge on any atom is -0.494 e. The van der Waals surface area contributed by atoms with Gasteiger partial charge < -0.3 is 4.74 Å². The number of nitrogens with zero attached hydrogens (tertiary/aromatic N) is 2. The Balaban J connectivity index is 1.67. The van der Waals surface area contributed by atoms with E-state index >= 15 is 0 Å². The van der Waals surface area contributed by atoms with Gasteiger partial charge in [-0.15, -0.1) is 11.3 Å². The van der Waals surface area contributed by atoms with Crippen molar-refractivity contribution in [2.75, 3.05) is 19.0 Å². The minimum absolute atomic E-state index is 0.146. The largest absolute Gasteiger partial charge is 0.494 e. The Morgan fingerprint density at radius 2 is 1.78 bits per heavy atom. The van der Waals surface area contributed by atoms with Crippen LogP contribution in [0.2, 0.25) is 0 Å². The summed E-state index contributed by atoms with van der Waals surface area (Å²) in [5, 5.41) is 5.11. The lowest BCUT2D eigenvalue weighted by Gasteiger charge is -2.20. The summed E-state index contributed by atoms with van der Waals surface area (Å²) in [5.74, 6) is 0.458. The Morgan fingerprint density at radius 3 is 2.38 bits per heavy atom. The summed E-state index contributed by atoms with van der Waals surface area (Å²) < 4.78 is 32.0. The quantitative estimate of drug-likeness (QED) is 0.478. The van der Waals surface area contributed by atoms with E-state index < -0.39 is 10.0 Å². The number of anilines is 1. The van der Waals surface area contributed by atoms with E-state index in [2.05, 4.69) is 17.2 Å². The van der Waals surface area contributed by atoms with Crippen LogP contribution in [0.3, 0.4) is 0 Å². The molecular weight excluding hydrogens is 446 g/mol. The molecule has 0 radical (unpaired) electrons. The lowest BCUT2D eigenvalue weighted by Crippen LogP contribution is -2.33. The molecule has 3 aromatic rings. The molecule has 2 aromatic carbocycles. The van der Waals surface area contributed by atoms with E-state index in [1.165, 1.54) is 47.0 Å². The van der Waals surface area contributed by atoms with Crippen LogP contribution in [0.25, 0.3) is 11.3 Å². The van der Waals surface area contributed by atoms with Crippen LogP contribution < -0.4 is 10.1 Å². The number of carbonyl (C=O) groups excluding carboxylic acids is 1. The van der Waals surface area contributed by atoms with Crippen molar-refractivity contribution >= 4 is 32.4 Å². The normalized spacial score (nSPS) is 11.7. The zero-order chi connectivity index (χ0) is 23.3. The molecule has 0 saturated carbocycles. The highest BCUT2D eigenvalue weighted by Gasteiger charge is 2.23. The Kier molecular flexibility index (Phi) is 7.65. The fraction of sp³-hybridized carbons (Fsp3) is 0.304. The molecule has 9 heteroatoms. The molecule has 0 bridgehead atoms. The van der Waals surface area contributed by atoms with Crippen LogP contribution >= 0.6 is 11.3 Å². The molecule has 0 aliphatic heterocycles. The molecule has 0 atom stereocenters. The summed E-state index contributed by atoms with van der Waals surface area (Å²) in [4.78, 5) is 17.2. The second kappa shape index (κ2) is 10.2. The van der Waals surface area contributed by atoms with E-state index in [1.807, 2.05) is 29.6 Å². The third kappa shape index (κ3) is 5.53. The molecular formula is C23H27N3O4S2. The number of hydrogen-bond acceptors (Lipinski definition) is 6. The second-order valence-corrected chi connectivity index (χ2v) is 10.4. The second-order valence-electron chi connectivity index (χ2n) is 7.50. The first-order valence-electron chi connectivity index (χ1n) is 10.3. The van der Waals surface area contributed by atoms with Crippen molar-refractivity contribution in [2.24, 2.45) is 0 Å². The van der Waals surface area contributed by atoms with Gasteiger partial charge in [0.1, 0.15) is 5.75 Å². The van der Waals surface area contributed by atoms with Gasteiger partial charge in [0.2, 0.25) is 10.0 Å². The molecule has 1 heterocycles. The van der Waals surface area contributed by atoms with Crippen molar-refractivity contribution in [1.82, 2.24) is 9.29 Å². The van der Waals surface area contributed by atoms with Gasteiger partial charge in [-0.1, -0.05) is 6.92 Å². The maximum Gasteiger partial charge on any atom is 0.257 e. The first kappa shape index (κ1) is 23.9. The number of aromatic nitrogens is 1. The van der Waals surface area contributed by atoms with Crippen LogP contribution in [-0.4, -0.2) is 43.3 Å². The van der Waals surface area contributed by atoms with E-state index in [-0.39, 0.29) is 16.8 Å². The number of thiazole rings is 1. The highest BCUT2D eigenvalue weighted by Crippen LogP contribution is 2.27. The van der Waals surface area contributed by atoms with E-state index in [0.717, 1.165) is 23.4 Å². The summed E-state index contributed by atoms with van der Waals surface area (Å²) in [5.41, 5.74) is 2.03. The molecule has 0 unspecified atom stereocenters. The predicted octanol–water partition coefficient (Wildman–Crippen LogP) is 4.88. The number of benzene rings is 2. The summed E-state index contributed by atoms with van der Waals surface area (Å²) in [6.07, 6.45) is 0.949. The number of carbonyl (C=O) groups is 1. The van der Waals surface area contributed by atoms with Crippen LogP contribution in [0.15, 0.2) is 58.8 Å². The van der Waals surface area contributed by atoms with Crippen LogP contribution in [-0.2, 0) is 10.0 Å². The van der Waals surface area contributed by atoms with E-state index in [4.69, 9.17) is 4.74 Å². The first-order valence-corrected chi connectivity index (χ1v) is 12.6. The zero-order valence-corrected chi connectivity index (χ0v) is 20.2. The van der Waals surface area contributed by atoms with Crippen LogP contribution in [0.1, 0.15) is 37.6 Å². The number of hydrogen-bond donors (Lipinski definition) is 1. The van der Waals surface area contributed by atoms with Crippen LogP contribution in [0.4, 0.5) is 5.13 Å². The highest BCUT2D eigenvalue weighted by molar-refractivity contribution is 7.89. The van der Waals surface area contributed by atoms with Gasteiger partial charge in [0.05, 0.1) is 17.2 Å². The predicted molar refractivity (Wildman–Crippen MR) is 128 cm³/mol. The molecule has 7 nitrogen and oxygen atoms in total. The molecule has 0 aliphatic rings. The molecule has 32 heavy (non-hydrogen) atoms. The van der Waals surface area contributed by atoms with Gasteiger partial charge in [-0.25, -0.2) is 13.4 Å². The van der Waals surface area contributed by atoms with Gasteiger partial charge in [-0.3, -0.25) is 10.1 Å². The summed E-state index contributed by atoms with van der Waals surface area (Å²) in [7, 11) is -2.06. The number of rotatable bonds is 9. The summed E-state index contributed by atoms with van der Waals surface area (Å²) in [6, 6.07) is 13.4.